The molecule has 126 valence electrons. The number of carbonyl (C=O) groups excluding carboxylic acids is 1. The van der Waals surface area contributed by atoms with Crippen LogP contribution in [0.25, 0.3) is 0 Å². The Morgan fingerprint density at radius 1 is 1.17 bits per heavy atom. The number of carbonyl (C=O) groups is 1. The summed E-state index contributed by atoms with van der Waals surface area (Å²) < 4.78 is 18.3. The van der Waals surface area contributed by atoms with Gasteiger partial charge in [-0.15, -0.1) is 0 Å². The molecule has 0 saturated carbocycles. The summed E-state index contributed by atoms with van der Waals surface area (Å²) in [6.07, 6.45) is 6.07. The molecule has 4 heteroatoms. The van der Waals surface area contributed by atoms with Gasteiger partial charge in [-0.1, -0.05) is 12.1 Å². The van der Waals surface area contributed by atoms with Crippen molar-refractivity contribution in [2.24, 2.45) is 11.8 Å². The van der Waals surface area contributed by atoms with E-state index in [-0.39, 0.29) is 11.7 Å². The van der Waals surface area contributed by atoms with Gasteiger partial charge in [0.05, 0.1) is 0 Å². The molecular weight excluding hydrogens is 293 g/mol. The van der Waals surface area contributed by atoms with Gasteiger partial charge in [0.1, 0.15) is 5.82 Å². The summed E-state index contributed by atoms with van der Waals surface area (Å²) in [5, 5.41) is 0. The number of piperidine rings is 1. The van der Waals surface area contributed by atoms with Gasteiger partial charge in [-0.05, 0) is 62.1 Å². The predicted octanol–water partition coefficient (Wildman–Crippen LogP) is 3.42. The zero-order valence-corrected chi connectivity index (χ0v) is 13.7. The van der Waals surface area contributed by atoms with Crippen molar-refractivity contribution >= 4 is 5.91 Å². The van der Waals surface area contributed by atoms with Crippen LogP contribution in [0.3, 0.4) is 0 Å². The lowest BCUT2D eigenvalue weighted by atomic mass is 9.90. The molecule has 3 nitrogen and oxygen atoms in total. The van der Waals surface area contributed by atoms with Crippen molar-refractivity contribution in [3.63, 3.8) is 0 Å². The second kappa shape index (κ2) is 7.91. The summed E-state index contributed by atoms with van der Waals surface area (Å²) in [7, 11) is 0. The lowest BCUT2D eigenvalue weighted by molar-refractivity contribution is -0.140. The van der Waals surface area contributed by atoms with E-state index in [1.54, 1.807) is 0 Å². The van der Waals surface area contributed by atoms with Crippen LogP contribution in [0.1, 0.15) is 37.7 Å². The highest BCUT2D eigenvalue weighted by Gasteiger charge is 2.29. The third-order valence-corrected chi connectivity index (χ3v) is 5.16. The lowest BCUT2D eigenvalue weighted by Gasteiger charge is -2.36. The Labute approximate surface area is 137 Å². The van der Waals surface area contributed by atoms with Gasteiger partial charge in [-0.25, -0.2) is 4.39 Å². The summed E-state index contributed by atoms with van der Waals surface area (Å²) in [4.78, 5) is 14.7. The topological polar surface area (TPSA) is 29.5 Å². The fraction of sp³-hybridized carbons (Fsp3) is 0.632. The van der Waals surface area contributed by atoms with Crippen LogP contribution in [0.5, 0.6) is 0 Å². The summed E-state index contributed by atoms with van der Waals surface area (Å²) in [6, 6.07) is 6.78. The van der Waals surface area contributed by atoms with Crippen LogP contribution in [0.2, 0.25) is 0 Å². The van der Waals surface area contributed by atoms with Gasteiger partial charge < -0.3 is 9.64 Å². The van der Waals surface area contributed by atoms with Crippen LogP contribution in [-0.4, -0.2) is 37.1 Å². The van der Waals surface area contributed by atoms with Gasteiger partial charge in [0.25, 0.3) is 0 Å². The molecule has 2 saturated heterocycles. The molecular formula is C19H26FNO2. The third kappa shape index (κ3) is 4.54. The van der Waals surface area contributed by atoms with Gasteiger partial charge in [-0.2, -0.15) is 0 Å². The molecule has 0 N–H and O–H groups in total. The number of rotatable bonds is 4. The molecule has 0 aromatic heterocycles. The first kappa shape index (κ1) is 16.4. The van der Waals surface area contributed by atoms with E-state index in [4.69, 9.17) is 4.74 Å². The molecule has 2 aliphatic rings. The van der Waals surface area contributed by atoms with Crippen LogP contribution in [0, 0.1) is 17.7 Å². The lowest BCUT2D eigenvalue weighted by Crippen LogP contribution is -2.44. The third-order valence-electron chi connectivity index (χ3n) is 5.16. The molecule has 0 aliphatic carbocycles. The molecule has 1 atom stereocenters. The maximum absolute atomic E-state index is 12.9. The quantitative estimate of drug-likeness (QED) is 0.851. The molecule has 0 spiro atoms. The number of likely N-dealkylation sites (tertiary alicyclic amines) is 1. The molecule has 0 radical (unpaired) electrons. The van der Waals surface area contributed by atoms with Crippen molar-refractivity contribution in [3.8, 4) is 0 Å². The number of amides is 1. The molecule has 2 fully saturated rings. The standard InChI is InChI=1S/C19H26FNO2/c20-18-7-5-15(6-8-18)3-4-16-2-1-11-21(14-16)19(22)17-9-12-23-13-10-17/h5-8,16-17H,1-4,9-14H2. The first-order chi connectivity index (χ1) is 11.2. The van der Waals surface area contributed by atoms with E-state index in [0.717, 1.165) is 58.4 Å². The second-order valence-corrected chi connectivity index (χ2v) is 6.84. The Hall–Kier alpha value is -1.42. The first-order valence-corrected chi connectivity index (χ1v) is 8.83. The molecule has 1 amide bonds. The smallest absolute Gasteiger partial charge is 0.225 e. The summed E-state index contributed by atoms with van der Waals surface area (Å²) in [6.45, 7) is 3.23. The first-order valence-electron chi connectivity index (χ1n) is 8.83. The number of hydrogen-bond acceptors (Lipinski definition) is 2. The Morgan fingerprint density at radius 2 is 1.91 bits per heavy atom. The minimum absolute atomic E-state index is 0.166. The average molecular weight is 319 g/mol. The molecule has 0 bridgehead atoms. The van der Waals surface area contributed by atoms with Crippen molar-refractivity contribution in [2.75, 3.05) is 26.3 Å². The fourth-order valence-electron chi connectivity index (χ4n) is 3.73. The SMILES string of the molecule is O=C(C1CCOCC1)N1CCCC(CCc2ccc(F)cc2)C1. The Morgan fingerprint density at radius 3 is 2.65 bits per heavy atom. The van der Waals surface area contributed by atoms with E-state index in [1.807, 2.05) is 12.1 Å². The van der Waals surface area contributed by atoms with Gasteiger partial charge >= 0.3 is 0 Å². The van der Waals surface area contributed by atoms with Crippen molar-refractivity contribution in [3.05, 3.63) is 35.6 Å². The summed E-state index contributed by atoms with van der Waals surface area (Å²) >= 11 is 0. The molecule has 3 rings (SSSR count). The maximum Gasteiger partial charge on any atom is 0.225 e. The van der Waals surface area contributed by atoms with Gasteiger partial charge in [0, 0.05) is 32.2 Å². The zero-order valence-electron chi connectivity index (χ0n) is 13.7. The Kier molecular flexibility index (Phi) is 5.65. The zero-order chi connectivity index (χ0) is 16.1. The minimum atomic E-state index is -0.181. The number of ether oxygens (including phenoxy) is 1. The van der Waals surface area contributed by atoms with Crippen molar-refractivity contribution in [1.29, 1.82) is 0 Å². The second-order valence-electron chi connectivity index (χ2n) is 6.84. The average Bonchev–Trinajstić information content (AvgIpc) is 2.61. The molecule has 2 heterocycles. The van der Waals surface area contributed by atoms with Gasteiger partial charge in [-0.3, -0.25) is 4.79 Å². The normalized spacial score (nSPS) is 23.0. The highest BCUT2D eigenvalue weighted by atomic mass is 19.1. The highest BCUT2D eigenvalue weighted by Crippen LogP contribution is 2.25. The molecule has 2 aliphatic heterocycles. The van der Waals surface area contributed by atoms with Crippen LogP contribution in [0.15, 0.2) is 24.3 Å². The highest BCUT2D eigenvalue weighted by molar-refractivity contribution is 5.79. The van der Waals surface area contributed by atoms with Gasteiger partial charge in [0.2, 0.25) is 5.91 Å². The summed E-state index contributed by atoms with van der Waals surface area (Å²) in [5.74, 6) is 0.886. The molecule has 23 heavy (non-hydrogen) atoms. The van der Waals surface area contributed by atoms with E-state index in [1.165, 1.54) is 24.1 Å². The molecule has 1 unspecified atom stereocenters. The van der Waals surface area contributed by atoms with E-state index >= 15 is 0 Å². The van der Waals surface area contributed by atoms with Crippen molar-refractivity contribution in [2.45, 2.75) is 38.5 Å². The van der Waals surface area contributed by atoms with E-state index in [9.17, 15) is 9.18 Å². The van der Waals surface area contributed by atoms with Crippen LogP contribution in [-0.2, 0) is 16.0 Å². The number of hydrogen-bond donors (Lipinski definition) is 0. The Balaban J connectivity index is 1.49. The van der Waals surface area contributed by atoms with Crippen molar-refractivity contribution in [1.82, 2.24) is 4.90 Å². The van der Waals surface area contributed by atoms with Gasteiger partial charge in [0.15, 0.2) is 0 Å². The van der Waals surface area contributed by atoms with Crippen LogP contribution in [0.4, 0.5) is 4.39 Å². The van der Waals surface area contributed by atoms with E-state index in [0.29, 0.717) is 11.8 Å². The number of benzene rings is 1. The molecule has 1 aromatic rings. The van der Waals surface area contributed by atoms with Crippen LogP contribution >= 0.6 is 0 Å². The fourth-order valence-corrected chi connectivity index (χ4v) is 3.73. The minimum Gasteiger partial charge on any atom is -0.381 e. The molecule has 1 aromatic carbocycles. The van der Waals surface area contributed by atoms with Crippen molar-refractivity contribution < 1.29 is 13.9 Å². The van der Waals surface area contributed by atoms with E-state index < -0.39 is 0 Å². The number of halogens is 1. The van der Waals surface area contributed by atoms with E-state index in [2.05, 4.69) is 4.90 Å². The summed E-state index contributed by atoms with van der Waals surface area (Å²) in [5.41, 5.74) is 1.18. The van der Waals surface area contributed by atoms with Crippen LogP contribution < -0.4 is 0 Å². The Bertz CT molecular complexity index is 511. The maximum atomic E-state index is 12.9. The monoisotopic (exact) mass is 319 g/mol. The predicted molar refractivity (Wildman–Crippen MR) is 87.6 cm³/mol. The number of aryl methyl sites for hydroxylation is 1. The largest absolute Gasteiger partial charge is 0.381 e. The number of nitrogens with zero attached hydrogens (tertiary/aromatic N) is 1.